The Morgan fingerprint density at radius 2 is 1.89 bits per heavy atom. The normalized spacial score (nSPS) is 28.8. The zero-order chi connectivity index (χ0) is 26.7. The molecule has 1 aromatic carbocycles. The Hall–Kier alpha value is -3.88. The number of phenolic OH excluding ortho intramolecular Hbond substituents is 1. The van der Waals surface area contributed by atoms with Crippen molar-refractivity contribution in [1.29, 1.82) is 0 Å². The highest BCUT2D eigenvalue weighted by Gasteiger charge is 2.64. The fraction of sp³-hybridized carbons (Fsp3) is 0.440. The van der Waals surface area contributed by atoms with Crippen LogP contribution in [0.25, 0.3) is 5.76 Å². The minimum Gasteiger partial charge on any atom is -0.507 e. The summed E-state index contributed by atoms with van der Waals surface area (Å²) >= 11 is 0. The number of amides is 1. The van der Waals surface area contributed by atoms with Crippen LogP contribution in [0.5, 0.6) is 5.75 Å². The Morgan fingerprint density at radius 3 is 2.47 bits per heavy atom. The van der Waals surface area contributed by atoms with E-state index in [1.54, 1.807) is 19.0 Å². The summed E-state index contributed by atoms with van der Waals surface area (Å²) in [6.07, 6.45) is -1.41. The first-order valence-corrected chi connectivity index (χ1v) is 11.2. The van der Waals surface area contributed by atoms with Crippen molar-refractivity contribution in [2.24, 2.45) is 23.5 Å². The number of fused-ring (bicyclic) bond motifs is 3. The molecule has 190 valence electrons. The molecule has 0 aliphatic heterocycles. The number of aromatic hydroxyl groups is 1. The number of nitrogens with zero attached hydrogens (tertiary/aromatic N) is 1. The number of methoxy groups -OCH3 is 1. The Bertz CT molecular complexity index is 1300. The predicted octanol–water partition coefficient (Wildman–Crippen LogP) is -0.821. The number of Topliss-reactive ketones (excluding diaryl/α,β-unsaturated/α-hetero) is 2. The van der Waals surface area contributed by atoms with Gasteiger partial charge in [0.25, 0.3) is 0 Å². The van der Waals surface area contributed by atoms with Gasteiger partial charge in [-0.2, -0.15) is 0 Å². The topological polar surface area (TPSA) is 188 Å². The van der Waals surface area contributed by atoms with Crippen molar-refractivity contribution in [2.75, 3.05) is 26.1 Å². The highest BCUT2D eigenvalue weighted by atomic mass is 16.5. The SMILES string of the molecule is COC(=O)C#Cc1cc(N(C)C)c2c(c1O)C(O)=C1C(=O)[C@]3(O)C(=O)C(C(N)=O)C(O)C[C@@H]3C[C@@H]1C2. The van der Waals surface area contributed by atoms with Gasteiger partial charge in [-0.1, -0.05) is 5.92 Å². The van der Waals surface area contributed by atoms with Crippen LogP contribution >= 0.6 is 0 Å². The molecule has 5 atom stereocenters. The van der Waals surface area contributed by atoms with Crippen LogP contribution in [0.1, 0.15) is 29.5 Å². The van der Waals surface area contributed by atoms with Crippen molar-refractivity contribution >= 4 is 34.9 Å². The summed E-state index contributed by atoms with van der Waals surface area (Å²) in [5, 5.41) is 43.9. The second kappa shape index (κ2) is 8.65. The number of benzene rings is 1. The lowest BCUT2D eigenvalue weighted by Crippen LogP contribution is -2.66. The number of primary amides is 1. The number of carbonyl (C=O) groups is 4. The quantitative estimate of drug-likeness (QED) is 0.196. The van der Waals surface area contributed by atoms with Crippen molar-refractivity contribution in [3.63, 3.8) is 0 Å². The van der Waals surface area contributed by atoms with Gasteiger partial charge in [0.1, 0.15) is 17.4 Å². The van der Waals surface area contributed by atoms with Crippen LogP contribution in [0.3, 0.4) is 0 Å². The number of nitrogens with two attached hydrogens (primary N) is 1. The Labute approximate surface area is 206 Å². The van der Waals surface area contributed by atoms with E-state index in [0.29, 0.717) is 11.3 Å². The van der Waals surface area contributed by atoms with E-state index in [-0.39, 0.29) is 36.0 Å². The summed E-state index contributed by atoms with van der Waals surface area (Å²) < 4.78 is 4.49. The van der Waals surface area contributed by atoms with E-state index in [9.17, 15) is 39.6 Å². The number of hydrogen-bond donors (Lipinski definition) is 5. The molecule has 0 spiro atoms. The first-order valence-electron chi connectivity index (χ1n) is 11.2. The standard InChI is InChI=1S/C25H26N2O9/c1-27(2)14-8-10(4-5-16(29)36-3)20(30)18-13(14)7-11-6-12-9-15(28)19(24(26)34)23(33)25(12,35)22(32)17(11)21(18)31/h8,11-12,15,19,28,30-31,35H,6-7,9H2,1-3H3,(H2,26,34)/t11-,12+,15?,19?,25+/m1/s1. The van der Waals surface area contributed by atoms with E-state index in [2.05, 4.69) is 16.6 Å². The molecule has 36 heavy (non-hydrogen) atoms. The van der Waals surface area contributed by atoms with Crippen LogP contribution in [0.15, 0.2) is 11.6 Å². The molecule has 11 nitrogen and oxygen atoms in total. The number of ether oxygens (including phenoxy) is 1. The molecule has 0 heterocycles. The fourth-order valence-corrected chi connectivity index (χ4v) is 5.64. The van der Waals surface area contributed by atoms with Gasteiger partial charge in [-0.3, -0.25) is 14.4 Å². The van der Waals surface area contributed by atoms with Crippen LogP contribution in [-0.4, -0.2) is 76.8 Å². The summed E-state index contributed by atoms with van der Waals surface area (Å²) in [4.78, 5) is 51.7. The lowest BCUT2D eigenvalue weighted by Gasteiger charge is -2.48. The second-order valence-corrected chi connectivity index (χ2v) is 9.52. The third kappa shape index (κ3) is 3.53. The number of esters is 1. The lowest BCUT2D eigenvalue weighted by atomic mass is 9.56. The molecule has 0 bridgehead atoms. The van der Waals surface area contributed by atoms with Gasteiger partial charge in [-0.25, -0.2) is 4.79 Å². The minimum atomic E-state index is -2.65. The summed E-state index contributed by atoms with van der Waals surface area (Å²) in [5.74, 6) is -4.12. The van der Waals surface area contributed by atoms with E-state index in [0.717, 1.165) is 7.11 Å². The number of aliphatic hydroxyl groups is 3. The smallest absolute Gasteiger partial charge is 0.384 e. The van der Waals surface area contributed by atoms with Crippen molar-refractivity contribution < 1.29 is 44.3 Å². The van der Waals surface area contributed by atoms with Crippen molar-refractivity contribution in [3.05, 3.63) is 28.3 Å². The van der Waals surface area contributed by atoms with E-state index >= 15 is 0 Å². The third-order valence-electron chi connectivity index (χ3n) is 7.33. The van der Waals surface area contributed by atoms with Gasteiger partial charge >= 0.3 is 5.97 Å². The molecule has 3 aliphatic rings. The van der Waals surface area contributed by atoms with Crippen LogP contribution in [0.4, 0.5) is 5.69 Å². The molecule has 3 aliphatic carbocycles. The molecular weight excluding hydrogens is 472 g/mol. The maximum Gasteiger partial charge on any atom is 0.384 e. The summed E-state index contributed by atoms with van der Waals surface area (Å²) in [6.45, 7) is 0. The van der Waals surface area contributed by atoms with E-state index in [1.165, 1.54) is 6.07 Å². The summed E-state index contributed by atoms with van der Waals surface area (Å²) in [6, 6.07) is 1.54. The average Bonchev–Trinajstić information content (AvgIpc) is 2.80. The van der Waals surface area contributed by atoms with Crippen molar-refractivity contribution in [2.45, 2.75) is 31.0 Å². The van der Waals surface area contributed by atoms with Crippen LogP contribution < -0.4 is 10.6 Å². The largest absolute Gasteiger partial charge is 0.507 e. The fourth-order valence-electron chi connectivity index (χ4n) is 5.64. The van der Waals surface area contributed by atoms with E-state index in [1.807, 2.05) is 0 Å². The molecule has 0 saturated heterocycles. The molecular formula is C25H26N2O9. The number of phenols is 1. The van der Waals surface area contributed by atoms with Gasteiger partial charge in [0.05, 0.1) is 24.3 Å². The number of aliphatic hydroxyl groups excluding tert-OH is 2. The molecule has 2 fully saturated rings. The number of ketones is 2. The maximum atomic E-state index is 13.6. The van der Waals surface area contributed by atoms with Crippen LogP contribution in [0.2, 0.25) is 0 Å². The molecule has 1 aromatic rings. The Kier molecular flexibility index (Phi) is 6.06. The first kappa shape index (κ1) is 25.2. The number of rotatable bonds is 2. The van der Waals surface area contributed by atoms with Gasteiger partial charge in [-0.15, -0.1) is 0 Å². The van der Waals surface area contributed by atoms with Gasteiger partial charge in [-0.05, 0) is 36.8 Å². The molecule has 2 unspecified atom stereocenters. The summed E-state index contributed by atoms with van der Waals surface area (Å²) in [5.41, 5.74) is 3.28. The summed E-state index contributed by atoms with van der Waals surface area (Å²) in [7, 11) is 4.60. The zero-order valence-corrected chi connectivity index (χ0v) is 19.9. The van der Waals surface area contributed by atoms with Crippen LogP contribution in [0, 0.1) is 29.6 Å². The van der Waals surface area contributed by atoms with Crippen molar-refractivity contribution in [1.82, 2.24) is 0 Å². The molecule has 1 amide bonds. The van der Waals surface area contributed by atoms with E-state index in [4.69, 9.17) is 5.73 Å². The minimum absolute atomic E-state index is 0.0149. The van der Waals surface area contributed by atoms with E-state index < -0.39 is 64.4 Å². The lowest BCUT2D eigenvalue weighted by molar-refractivity contribution is -0.174. The second-order valence-electron chi connectivity index (χ2n) is 9.52. The van der Waals surface area contributed by atoms with Gasteiger partial charge < -0.3 is 35.8 Å². The van der Waals surface area contributed by atoms with Gasteiger partial charge in [0.15, 0.2) is 11.4 Å². The van der Waals surface area contributed by atoms with Crippen LogP contribution in [-0.2, 0) is 30.3 Å². The van der Waals surface area contributed by atoms with Crippen molar-refractivity contribution in [3.8, 4) is 17.6 Å². The Balaban J connectivity index is 1.92. The van der Waals surface area contributed by atoms with Gasteiger partial charge in [0, 0.05) is 37.2 Å². The maximum absolute atomic E-state index is 13.6. The number of carbonyl (C=O) groups excluding carboxylic acids is 4. The van der Waals surface area contributed by atoms with Gasteiger partial charge in [0.2, 0.25) is 11.7 Å². The molecule has 11 heteroatoms. The number of hydrogen-bond acceptors (Lipinski definition) is 10. The number of anilines is 1. The highest BCUT2D eigenvalue weighted by molar-refractivity contribution is 6.24. The monoisotopic (exact) mass is 498 g/mol. The molecule has 0 radical (unpaired) electrons. The first-order chi connectivity index (χ1) is 16.8. The zero-order valence-electron chi connectivity index (χ0n) is 19.9. The highest BCUT2D eigenvalue weighted by Crippen LogP contribution is 2.53. The molecule has 2 saturated carbocycles. The average molecular weight is 498 g/mol. The molecule has 6 N–H and O–H groups in total. The molecule has 0 aromatic heterocycles. The molecule has 4 rings (SSSR count). The Morgan fingerprint density at radius 1 is 1.22 bits per heavy atom. The third-order valence-corrected chi connectivity index (χ3v) is 7.33. The predicted molar refractivity (Wildman–Crippen MR) is 124 cm³/mol.